The fraction of sp³-hybridized carbons (Fsp3) is 0.423. The summed E-state index contributed by atoms with van der Waals surface area (Å²) in [7, 11) is 0. The van der Waals surface area contributed by atoms with Crippen molar-refractivity contribution in [2.45, 2.75) is 38.2 Å². The first-order chi connectivity index (χ1) is 16.6. The number of amides is 2. The number of nitrogens with zero attached hydrogens (tertiary/aromatic N) is 1. The molecule has 2 N–H and O–H groups in total. The molecular weight excluding hydrogens is 458 g/mol. The number of ether oxygens (including phenoxy) is 1. The Morgan fingerprint density at radius 3 is 2.20 bits per heavy atom. The molecule has 186 valence electrons. The summed E-state index contributed by atoms with van der Waals surface area (Å²) in [5.41, 5.74) is 4.23. The molecule has 0 spiro atoms. The summed E-state index contributed by atoms with van der Waals surface area (Å²) in [6, 6.07) is 14.6. The zero-order valence-corrected chi connectivity index (χ0v) is 19.5. The van der Waals surface area contributed by atoms with Gasteiger partial charge in [-0.25, -0.2) is 13.6 Å². The van der Waals surface area contributed by atoms with E-state index in [1.54, 1.807) is 6.92 Å². The van der Waals surface area contributed by atoms with Crippen LogP contribution in [0.15, 0.2) is 48.5 Å². The number of alkyl carbamates (subject to hydrolysis) is 1. The number of hydrogen-bond acceptors (Lipinski definition) is 4. The van der Waals surface area contributed by atoms with Crippen molar-refractivity contribution in [1.29, 1.82) is 0 Å². The molecule has 0 bridgehead atoms. The predicted octanol–water partition coefficient (Wildman–Crippen LogP) is 4.12. The fourth-order valence-electron chi connectivity index (χ4n) is 4.86. The van der Waals surface area contributed by atoms with Gasteiger partial charge in [0.25, 0.3) is 5.92 Å². The van der Waals surface area contributed by atoms with E-state index in [-0.39, 0.29) is 18.4 Å². The standard InChI is InChI=1S/C26H28F2N2O5/c1-3-15(2)22(23(31)30-12-21(24(32)33)26(27,28)14-30)29-25(34)35-13-20-18-10-6-4-8-16(18)17-9-5-7-11-19(17)20/h4-11,15,20-22H,3,12-14H2,1-2H3,(H,29,34)(H,32,33). The van der Waals surface area contributed by atoms with Gasteiger partial charge in [0.1, 0.15) is 18.6 Å². The van der Waals surface area contributed by atoms with Crippen molar-refractivity contribution < 1.29 is 33.0 Å². The number of carboxylic acid groups (broad SMARTS) is 1. The highest BCUT2D eigenvalue weighted by molar-refractivity contribution is 5.87. The lowest BCUT2D eigenvalue weighted by atomic mass is 9.97. The van der Waals surface area contributed by atoms with Crippen LogP contribution in [0.4, 0.5) is 13.6 Å². The minimum Gasteiger partial charge on any atom is -0.481 e. The number of hydrogen-bond donors (Lipinski definition) is 2. The first-order valence-corrected chi connectivity index (χ1v) is 11.6. The van der Waals surface area contributed by atoms with E-state index in [1.165, 1.54) is 0 Å². The van der Waals surface area contributed by atoms with E-state index >= 15 is 0 Å². The van der Waals surface area contributed by atoms with Crippen molar-refractivity contribution >= 4 is 18.0 Å². The molecule has 1 heterocycles. The summed E-state index contributed by atoms with van der Waals surface area (Å²) in [6.45, 7) is 1.96. The smallest absolute Gasteiger partial charge is 0.407 e. The number of carbonyl (C=O) groups excluding carboxylic acids is 2. The molecule has 1 aliphatic heterocycles. The van der Waals surface area contributed by atoms with E-state index in [0.717, 1.165) is 27.2 Å². The maximum atomic E-state index is 14.1. The topological polar surface area (TPSA) is 95.9 Å². The predicted molar refractivity (Wildman–Crippen MR) is 124 cm³/mol. The van der Waals surface area contributed by atoms with E-state index < -0.39 is 48.9 Å². The highest BCUT2D eigenvalue weighted by Gasteiger charge is 2.54. The van der Waals surface area contributed by atoms with E-state index in [9.17, 15) is 23.2 Å². The van der Waals surface area contributed by atoms with Crippen LogP contribution in [-0.4, -0.2) is 59.6 Å². The van der Waals surface area contributed by atoms with E-state index in [1.807, 2.05) is 55.5 Å². The molecule has 7 nitrogen and oxygen atoms in total. The van der Waals surface area contributed by atoms with Crippen LogP contribution in [0.3, 0.4) is 0 Å². The first kappa shape index (κ1) is 24.6. The number of carbonyl (C=O) groups is 3. The Morgan fingerprint density at radius 2 is 1.69 bits per heavy atom. The Morgan fingerprint density at radius 1 is 1.11 bits per heavy atom. The zero-order valence-electron chi connectivity index (χ0n) is 19.5. The number of benzene rings is 2. The lowest BCUT2D eigenvalue weighted by Gasteiger charge is -2.28. The summed E-state index contributed by atoms with van der Waals surface area (Å²) in [4.78, 5) is 37.8. The lowest BCUT2D eigenvalue weighted by molar-refractivity contribution is -0.151. The molecule has 1 fully saturated rings. The van der Waals surface area contributed by atoms with Gasteiger partial charge in [-0.3, -0.25) is 9.59 Å². The molecule has 35 heavy (non-hydrogen) atoms. The van der Waals surface area contributed by atoms with Gasteiger partial charge >= 0.3 is 12.1 Å². The van der Waals surface area contributed by atoms with Crippen LogP contribution in [-0.2, 0) is 14.3 Å². The van der Waals surface area contributed by atoms with Crippen molar-refractivity contribution in [3.05, 3.63) is 59.7 Å². The van der Waals surface area contributed by atoms with Gasteiger partial charge in [0.15, 0.2) is 0 Å². The monoisotopic (exact) mass is 486 g/mol. The van der Waals surface area contributed by atoms with Gasteiger partial charge in [0.2, 0.25) is 5.91 Å². The van der Waals surface area contributed by atoms with Crippen LogP contribution >= 0.6 is 0 Å². The van der Waals surface area contributed by atoms with Crippen molar-refractivity contribution in [1.82, 2.24) is 10.2 Å². The van der Waals surface area contributed by atoms with Gasteiger partial charge in [0, 0.05) is 12.5 Å². The Balaban J connectivity index is 1.45. The van der Waals surface area contributed by atoms with Gasteiger partial charge in [-0.2, -0.15) is 0 Å². The molecule has 1 aliphatic carbocycles. The Kier molecular flexibility index (Phi) is 6.78. The van der Waals surface area contributed by atoms with E-state index in [4.69, 9.17) is 9.84 Å². The summed E-state index contributed by atoms with van der Waals surface area (Å²) in [5.74, 6) is -8.45. The molecule has 0 aromatic heterocycles. The number of fused-ring (bicyclic) bond motifs is 3. The molecule has 1 saturated heterocycles. The largest absolute Gasteiger partial charge is 0.481 e. The maximum absolute atomic E-state index is 14.1. The number of carboxylic acids is 1. The Hall–Kier alpha value is -3.49. The highest BCUT2D eigenvalue weighted by Crippen LogP contribution is 2.44. The third kappa shape index (κ3) is 4.72. The SMILES string of the molecule is CCC(C)C(NC(=O)OCC1c2ccccc2-c2ccccc21)C(=O)N1CC(C(=O)O)C(F)(F)C1. The Bertz CT molecular complexity index is 1090. The fourth-order valence-corrected chi connectivity index (χ4v) is 4.86. The highest BCUT2D eigenvalue weighted by atomic mass is 19.3. The van der Waals surface area contributed by atoms with Crippen molar-refractivity contribution in [3.8, 4) is 11.1 Å². The normalized spacial score (nSPS) is 20.0. The molecule has 0 radical (unpaired) electrons. The number of likely N-dealkylation sites (tertiary alicyclic amines) is 1. The van der Waals surface area contributed by atoms with Gasteiger partial charge in [-0.05, 0) is 28.2 Å². The summed E-state index contributed by atoms with van der Waals surface area (Å²) in [6.07, 6.45) is -0.335. The third-order valence-corrected chi connectivity index (χ3v) is 7.02. The van der Waals surface area contributed by atoms with Gasteiger partial charge in [-0.1, -0.05) is 68.8 Å². The van der Waals surface area contributed by atoms with Gasteiger partial charge in [-0.15, -0.1) is 0 Å². The molecule has 3 unspecified atom stereocenters. The molecular formula is C26H28F2N2O5. The second kappa shape index (κ2) is 9.64. The second-order valence-electron chi connectivity index (χ2n) is 9.20. The summed E-state index contributed by atoms with van der Waals surface area (Å²) >= 11 is 0. The molecule has 9 heteroatoms. The Labute approximate surface area is 202 Å². The van der Waals surface area contributed by atoms with Crippen LogP contribution in [0.1, 0.15) is 37.3 Å². The molecule has 2 amide bonds. The van der Waals surface area contributed by atoms with Crippen LogP contribution < -0.4 is 5.32 Å². The molecule has 4 rings (SSSR count). The number of alkyl halides is 2. The van der Waals surface area contributed by atoms with E-state index in [0.29, 0.717) is 6.42 Å². The molecule has 3 atom stereocenters. The maximum Gasteiger partial charge on any atom is 0.407 e. The number of aliphatic carboxylic acids is 1. The summed E-state index contributed by atoms with van der Waals surface area (Å²) < 4.78 is 33.8. The quantitative estimate of drug-likeness (QED) is 0.614. The van der Waals surface area contributed by atoms with Crippen LogP contribution in [0, 0.1) is 11.8 Å². The van der Waals surface area contributed by atoms with Crippen molar-refractivity contribution in [2.75, 3.05) is 19.7 Å². The minimum absolute atomic E-state index is 0.0458. The lowest BCUT2D eigenvalue weighted by Crippen LogP contribution is -2.51. The average molecular weight is 487 g/mol. The zero-order chi connectivity index (χ0) is 25.3. The molecule has 0 saturated carbocycles. The first-order valence-electron chi connectivity index (χ1n) is 11.6. The average Bonchev–Trinajstić information content (AvgIpc) is 3.34. The van der Waals surface area contributed by atoms with Crippen LogP contribution in [0.5, 0.6) is 0 Å². The number of rotatable bonds is 7. The van der Waals surface area contributed by atoms with Crippen LogP contribution in [0.25, 0.3) is 11.1 Å². The van der Waals surface area contributed by atoms with Crippen LogP contribution in [0.2, 0.25) is 0 Å². The third-order valence-electron chi connectivity index (χ3n) is 7.02. The van der Waals surface area contributed by atoms with E-state index in [2.05, 4.69) is 5.32 Å². The molecule has 2 aromatic rings. The number of halogens is 2. The van der Waals surface area contributed by atoms with Gasteiger partial charge < -0.3 is 20.1 Å². The molecule has 2 aliphatic rings. The number of nitrogens with one attached hydrogen (secondary N) is 1. The van der Waals surface area contributed by atoms with Crippen molar-refractivity contribution in [3.63, 3.8) is 0 Å². The second-order valence-corrected chi connectivity index (χ2v) is 9.20. The van der Waals surface area contributed by atoms with Gasteiger partial charge in [0.05, 0.1) is 6.54 Å². The molecule has 2 aromatic carbocycles. The summed E-state index contributed by atoms with van der Waals surface area (Å²) in [5, 5.41) is 11.6. The van der Waals surface area contributed by atoms with Crippen molar-refractivity contribution in [2.24, 2.45) is 11.8 Å². The minimum atomic E-state index is -3.54.